The van der Waals surface area contributed by atoms with Gasteiger partial charge in [0.1, 0.15) is 0 Å². The van der Waals surface area contributed by atoms with Gasteiger partial charge in [-0.25, -0.2) is 0 Å². The Morgan fingerprint density at radius 2 is 1.95 bits per heavy atom. The van der Waals surface area contributed by atoms with E-state index in [-0.39, 0.29) is 19.0 Å². The maximum atomic E-state index is 12.7. The highest BCUT2D eigenvalue weighted by Gasteiger charge is 2.41. The van der Waals surface area contributed by atoms with Gasteiger partial charge in [-0.05, 0) is 26.2 Å². The van der Waals surface area contributed by atoms with Crippen LogP contribution in [0.2, 0.25) is 0 Å². The van der Waals surface area contributed by atoms with E-state index >= 15 is 0 Å². The maximum Gasteiger partial charge on any atom is 0.307 e. The average molecular weight is 320 g/mol. The summed E-state index contributed by atoms with van der Waals surface area (Å²) in [6.45, 7) is 7.00. The average Bonchev–Trinajstić information content (AvgIpc) is 2.36. The van der Waals surface area contributed by atoms with Gasteiger partial charge in [0.15, 0.2) is 0 Å². The molecular formula is C13H24N2O5S. The number of nitrogens with zero attached hydrogens (tertiary/aromatic N) is 2. The number of morpholine rings is 1. The lowest BCUT2D eigenvalue weighted by atomic mass is 9.92. The minimum atomic E-state index is -3.63. The van der Waals surface area contributed by atoms with Crippen LogP contribution in [-0.2, 0) is 19.7 Å². The van der Waals surface area contributed by atoms with E-state index < -0.39 is 27.7 Å². The van der Waals surface area contributed by atoms with Crippen LogP contribution in [0.25, 0.3) is 0 Å². The zero-order valence-corrected chi connectivity index (χ0v) is 13.6. The summed E-state index contributed by atoms with van der Waals surface area (Å²) in [6.07, 6.45) is 0.524. The summed E-state index contributed by atoms with van der Waals surface area (Å²) < 4.78 is 33.8. The molecule has 0 bridgehead atoms. The molecule has 0 amide bonds. The number of carboxylic acid groups (broad SMARTS) is 1. The van der Waals surface area contributed by atoms with Crippen LogP contribution in [-0.4, -0.2) is 66.5 Å². The fraction of sp³-hybridized carbons (Fsp3) is 0.923. The van der Waals surface area contributed by atoms with E-state index in [4.69, 9.17) is 4.74 Å². The highest BCUT2D eigenvalue weighted by Crippen LogP contribution is 2.27. The lowest BCUT2D eigenvalue weighted by Gasteiger charge is -2.41. The summed E-state index contributed by atoms with van der Waals surface area (Å²) >= 11 is 0. The minimum Gasteiger partial charge on any atom is -0.481 e. The van der Waals surface area contributed by atoms with Crippen molar-refractivity contribution in [1.82, 2.24) is 8.61 Å². The topological polar surface area (TPSA) is 87.2 Å². The lowest BCUT2D eigenvalue weighted by Crippen LogP contribution is -2.57. The monoisotopic (exact) mass is 320 g/mol. The fourth-order valence-corrected chi connectivity index (χ4v) is 4.92. The van der Waals surface area contributed by atoms with Gasteiger partial charge in [-0.15, -0.1) is 0 Å². The molecule has 2 fully saturated rings. The third kappa shape index (κ3) is 3.74. The molecule has 2 saturated heterocycles. The van der Waals surface area contributed by atoms with Crippen LogP contribution in [0.3, 0.4) is 0 Å². The first-order valence-corrected chi connectivity index (χ1v) is 8.63. The summed E-state index contributed by atoms with van der Waals surface area (Å²) in [7, 11) is -3.63. The third-order valence-corrected chi connectivity index (χ3v) is 5.93. The number of piperidine rings is 1. The zero-order valence-electron chi connectivity index (χ0n) is 12.8. The van der Waals surface area contributed by atoms with Crippen LogP contribution in [0.15, 0.2) is 0 Å². The first-order valence-electron chi connectivity index (χ1n) is 7.24. The zero-order chi connectivity index (χ0) is 15.8. The van der Waals surface area contributed by atoms with Gasteiger partial charge < -0.3 is 9.84 Å². The first-order chi connectivity index (χ1) is 9.62. The van der Waals surface area contributed by atoms with Gasteiger partial charge in [0, 0.05) is 26.2 Å². The third-order valence-electron chi connectivity index (χ3n) is 4.02. The highest BCUT2D eigenvalue weighted by atomic mass is 32.2. The van der Waals surface area contributed by atoms with Crippen LogP contribution in [0, 0.1) is 11.8 Å². The molecule has 21 heavy (non-hydrogen) atoms. The van der Waals surface area contributed by atoms with Crippen molar-refractivity contribution in [3.63, 3.8) is 0 Å². The molecule has 8 heteroatoms. The Hall–Kier alpha value is -0.700. The van der Waals surface area contributed by atoms with Gasteiger partial charge in [-0.1, -0.05) is 6.92 Å². The molecule has 0 radical (unpaired) electrons. The van der Waals surface area contributed by atoms with Crippen molar-refractivity contribution in [2.24, 2.45) is 11.8 Å². The predicted molar refractivity (Wildman–Crippen MR) is 77.0 cm³/mol. The number of hydrogen-bond acceptors (Lipinski definition) is 4. The normalized spacial score (nSPS) is 32.0. The van der Waals surface area contributed by atoms with Crippen LogP contribution in [0.1, 0.15) is 27.2 Å². The first kappa shape index (κ1) is 16.7. The van der Waals surface area contributed by atoms with Crippen LogP contribution in [0.5, 0.6) is 0 Å². The molecule has 0 aromatic carbocycles. The lowest BCUT2D eigenvalue weighted by molar-refractivity contribution is -0.143. The fourth-order valence-electron chi connectivity index (χ4n) is 3.00. The highest BCUT2D eigenvalue weighted by molar-refractivity contribution is 7.86. The van der Waals surface area contributed by atoms with Crippen molar-refractivity contribution in [3.05, 3.63) is 0 Å². The molecule has 2 unspecified atom stereocenters. The summed E-state index contributed by atoms with van der Waals surface area (Å²) in [4.78, 5) is 11.2. The van der Waals surface area contributed by atoms with Gasteiger partial charge in [0.05, 0.1) is 18.1 Å². The van der Waals surface area contributed by atoms with Gasteiger partial charge in [0.2, 0.25) is 0 Å². The Morgan fingerprint density at radius 1 is 1.29 bits per heavy atom. The quantitative estimate of drug-likeness (QED) is 0.812. The van der Waals surface area contributed by atoms with E-state index in [1.165, 1.54) is 8.61 Å². The van der Waals surface area contributed by atoms with Crippen molar-refractivity contribution in [1.29, 1.82) is 0 Å². The number of ether oxygens (including phenoxy) is 1. The Balaban J connectivity index is 2.16. The molecule has 0 spiro atoms. The minimum absolute atomic E-state index is 0.0451. The van der Waals surface area contributed by atoms with Gasteiger partial charge >= 0.3 is 5.97 Å². The molecular weight excluding hydrogens is 296 g/mol. The number of hydrogen-bond donors (Lipinski definition) is 1. The second-order valence-electron chi connectivity index (χ2n) is 6.64. The van der Waals surface area contributed by atoms with E-state index in [2.05, 4.69) is 0 Å². The number of carbonyl (C=O) groups is 1. The smallest absolute Gasteiger partial charge is 0.307 e. The van der Waals surface area contributed by atoms with Crippen LogP contribution in [0.4, 0.5) is 0 Å². The summed E-state index contributed by atoms with van der Waals surface area (Å²) in [5.74, 6) is -1.51. The van der Waals surface area contributed by atoms with E-state index in [1.807, 2.05) is 20.8 Å². The summed E-state index contributed by atoms with van der Waals surface area (Å²) in [6, 6.07) is 0. The summed E-state index contributed by atoms with van der Waals surface area (Å²) in [5.41, 5.74) is -0.515. The maximum absolute atomic E-state index is 12.7. The molecule has 122 valence electrons. The van der Waals surface area contributed by atoms with Crippen molar-refractivity contribution >= 4 is 16.2 Å². The molecule has 2 atom stereocenters. The molecule has 7 nitrogen and oxygen atoms in total. The van der Waals surface area contributed by atoms with Gasteiger partial charge in [0.25, 0.3) is 10.2 Å². The molecule has 0 saturated carbocycles. The molecule has 2 aliphatic rings. The number of rotatable bonds is 3. The Labute approximate surface area is 126 Å². The molecule has 2 aliphatic heterocycles. The Kier molecular flexibility index (Phi) is 4.63. The predicted octanol–water partition coefficient (Wildman–Crippen LogP) is 0.385. The Morgan fingerprint density at radius 3 is 2.52 bits per heavy atom. The second-order valence-corrected chi connectivity index (χ2v) is 8.57. The van der Waals surface area contributed by atoms with Crippen molar-refractivity contribution in [3.8, 4) is 0 Å². The van der Waals surface area contributed by atoms with Gasteiger partial charge in [-0.3, -0.25) is 4.79 Å². The molecule has 0 aromatic heterocycles. The SMILES string of the molecule is CC1CC(C(=O)O)CN(S(=O)(=O)N2CCOC(C)(C)C2)C1. The van der Waals surface area contributed by atoms with E-state index in [1.54, 1.807) is 0 Å². The summed E-state index contributed by atoms with van der Waals surface area (Å²) in [5, 5.41) is 9.18. The molecule has 1 N–H and O–H groups in total. The van der Waals surface area contributed by atoms with Crippen molar-refractivity contribution in [2.75, 3.05) is 32.8 Å². The number of carboxylic acids is 1. The van der Waals surface area contributed by atoms with Crippen molar-refractivity contribution < 1.29 is 23.1 Å². The standard InChI is InChI=1S/C13H24N2O5S/c1-10-6-11(12(16)17)8-15(7-10)21(18,19)14-4-5-20-13(2,3)9-14/h10-11H,4-9H2,1-3H3,(H,16,17). The van der Waals surface area contributed by atoms with Crippen molar-refractivity contribution in [2.45, 2.75) is 32.8 Å². The number of aliphatic carboxylic acids is 1. The van der Waals surface area contributed by atoms with E-state index in [9.17, 15) is 18.3 Å². The van der Waals surface area contributed by atoms with Crippen LogP contribution >= 0.6 is 0 Å². The second kappa shape index (κ2) is 5.83. The molecule has 0 aliphatic carbocycles. The molecule has 2 heterocycles. The Bertz CT molecular complexity index is 505. The van der Waals surface area contributed by atoms with E-state index in [0.29, 0.717) is 26.1 Å². The molecule has 0 aromatic rings. The van der Waals surface area contributed by atoms with E-state index in [0.717, 1.165) is 0 Å². The molecule has 2 rings (SSSR count). The largest absolute Gasteiger partial charge is 0.481 e. The van der Waals surface area contributed by atoms with Gasteiger partial charge in [-0.2, -0.15) is 17.0 Å². The van der Waals surface area contributed by atoms with Crippen LogP contribution < -0.4 is 0 Å².